The molecule has 3 rings (SSSR count). The highest BCUT2D eigenvalue weighted by atomic mass is 32.2. The molecule has 0 saturated heterocycles. The molecule has 1 heterocycles. The fraction of sp³-hybridized carbons (Fsp3) is 0.235. The molecule has 138 valence electrons. The van der Waals surface area contributed by atoms with Gasteiger partial charge in [-0.05, 0) is 24.6 Å². The smallest absolute Gasteiger partial charge is 0.361 e. The molecule has 1 aliphatic rings. The first-order valence-electron chi connectivity index (χ1n) is 7.59. The Kier molecular flexibility index (Phi) is 4.32. The van der Waals surface area contributed by atoms with Crippen molar-refractivity contribution in [2.24, 2.45) is 5.10 Å². The van der Waals surface area contributed by atoms with E-state index in [1.165, 1.54) is 48.5 Å². The summed E-state index contributed by atoms with van der Waals surface area (Å²) >= 11 is 0. The predicted molar refractivity (Wildman–Crippen MR) is 88.9 cm³/mol. The van der Waals surface area contributed by atoms with Crippen molar-refractivity contribution in [2.45, 2.75) is 29.6 Å². The van der Waals surface area contributed by atoms with Crippen molar-refractivity contribution in [3.63, 3.8) is 0 Å². The number of rotatable bonds is 3. The molecule has 2 atom stereocenters. The van der Waals surface area contributed by atoms with E-state index in [4.69, 9.17) is 0 Å². The fourth-order valence-electron chi connectivity index (χ4n) is 2.76. The molecule has 0 fully saturated rings. The van der Waals surface area contributed by atoms with Gasteiger partial charge in [-0.25, -0.2) is 0 Å². The number of halogens is 3. The van der Waals surface area contributed by atoms with Crippen LogP contribution in [0, 0.1) is 6.92 Å². The summed E-state index contributed by atoms with van der Waals surface area (Å²) in [7, 11) is -4.72. The molecule has 0 bridgehead atoms. The van der Waals surface area contributed by atoms with Gasteiger partial charge in [-0.15, -0.1) is 4.41 Å². The topological polar surface area (TPSA) is 70.0 Å². The minimum Gasteiger partial charge on any atom is -0.361 e. The minimum absolute atomic E-state index is 0.0951. The van der Waals surface area contributed by atoms with E-state index in [2.05, 4.69) is 5.10 Å². The lowest BCUT2D eigenvalue weighted by Gasteiger charge is -2.37. The van der Waals surface area contributed by atoms with Gasteiger partial charge >= 0.3 is 6.18 Å². The number of hydrogen-bond acceptors (Lipinski definition) is 4. The first-order valence-corrected chi connectivity index (χ1v) is 9.03. The summed E-state index contributed by atoms with van der Waals surface area (Å²) in [5.41, 5.74) is -2.89. The van der Waals surface area contributed by atoms with E-state index in [1.807, 2.05) is 0 Å². The molecule has 0 radical (unpaired) electrons. The van der Waals surface area contributed by atoms with Crippen molar-refractivity contribution in [2.75, 3.05) is 0 Å². The van der Waals surface area contributed by atoms with Gasteiger partial charge < -0.3 is 5.11 Å². The largest absolute Gasteiger partial charge is 0.440 e. The number of aliphatic hydroxyl groups is 1. The number of hydrogen-bond donors (Lipinski definition) is 1. The van der Waals surface area contributed by atoms with Crippen molar-refractivity contribution in [1.29, 1.82) is 0 Å². The lowest BCUT2D eigenvalue weighted by atomic mass is 9.90. The van der Waals surface area contributed by atoms with Gasteiger partial charge in [-0.1, -0.05) is 48.0 Å². The Morgan fingerprint density at radius 3 is 2.19 bits per heavy atom. The second-order valence-corrected chi connectivity index (χ2v) is 7.71. The monoisotopic (exact) mass is 384 g/mol. The lowest BCUT2D eigenvalue weighted by Crippen LogP contribution is -2.59. The van der Waals surface area contributed by atoms with Crippen molar-refractivity contribution >= 4 is 16.2 Å². The van der Waals surface area contributed by atoms with Crippen LogP contribution in [0.3, 0.4) is 0 Å². The molecular formula is C17H15F3N2O3S. The van der Waals surface area contributed by atoms with E-state index in [1.54, 1.807) is 13.0 Å². The van der Waals surface area contributed by atoms with Gasteiger partial charge in [0.15, 0.2) is 0 Å². The first-order chi connectivity index (χ1) is 12.1. The first kappa shape index (κ1) is 18.4. The molecule has 1 N–H and O–H groups in total. The van der Waals surface area contributed by atoms with Gasteiger partial charge in [0.1, 0.15) is 0 Å². The van der Waals surface area contributed by atoms with Gasteiger partial charge in [-0.2, -0.15) is 26.7 Å². The van der Waals surface area contributed by atoms with Crippen molar-refractivity contribution in [3.8, 4) is 0 Å². The Bertz CT molecular complexity index is 928. The van der Waals surface area contributed by atoms with E-state index in [0.717, 1.165) is 11.8 Å². The number of sulfonamides is 1. The standard InChI is InChI=1S/C17H15F3N2O3S/c1-12-7-9-14(10-8-12)26(24,25)22-16(23,17(18,19)20)15(11-21-22)13-5-3-2-4-6-13/h2-11,15,23H,1H3. The maximum absolute atomic E-state index is 13.8. The van der Waals surface area contributed by atoms with Crippen LogP contribution in [-0.4, -0.2) is 36.1 Å². The van der Waals surface area contributed by atoms with Crippen LogP contribution in [0.4, 0.5) is 13.2 Å². The Morgan fingerprint density at radius 2 is 1.65 bits per heavy atom. The number of nitrogens with zero attached hydrogens (tertiary/aromatic N) is 2. The highest BCUT2D eigenvalue weighted by molar-refractivity contribution is 7.89. The van der Waals surface area contributed by atoms with Crippen LogP contribution in [0.5, 0.6) is 0 Å². The maximum atomic E-state index is 13.8. The summed E-state index contributed by atoms with van der Waals surface area (Å²) in [5.74, 6) is -1.69. The second kappa shape index (κ2) is 6.10. The molecule has 0 amide bonds. The fourth-order valence-corrected chi connectivity index (χ4v) is 4.20. The van der Waals surface area contributed by atoms with Crippen LogP contribution >= 0.6 is 0 Å². The summed E-state index contributed by atoms with van der Waals surface area (Å²) in [5, 5.41) is 14.0. The highest BCUT2D eigenvalue weighted by Crippen LogP contribution is 2.48. The molecule has 0 saturated carbocycles. The Labute approximate surface area is 148 Å². The molecule has 1 aliphatic heterocycles. The molecule has 2 unspecified atom stereocenters. The van der Waals surface area contributed by atoms with E-state index < -0.39 is 32.7 Å². The molecule has 0 aromatic heterocycles. The molecule has 0 spiro atoms. The summed E-state index contributed by atoms with van der Waals surface area (Å²) in [6, 6.07) is 12.6. The normalized spacial score (nSPS) is 23.4. The predicted octanol–water partition coefficient (Wildman–Crippen LogP) is 3.02. The molecular weight excluding hydrogens is 369 g/mol. The zero-order chi connectivity index (χ0) is 19.2. The molecule has 2 aromatic rings. The Hall–Kier alpha value is -2.39. The molecule has 26 heavy (non-hydrogen) atoms. The maximum Gasteiger partial charge on any atom is 0.440 e. The number of hydrazone groups is 1. The van der Waals surface area contributed by atoms with Crippen LogP contribution in [0.2, 0.25) is 0 Å². The van der Waals surface area contributed by atoms with Gasteiger partial charge in [0, 0.05) is 6.21 Å². The number of aryl methyl sites for hydroxylation is 1. The molecule has 2 aromatic carbocycles. The summed E-state index contributed by atoms with van der Waals surface area (Å²) < 4.78 is 66.6. The summed E-state index contributed by atoms with van der Waals surface area (Å²) in [6.07, 6.45) is -4.48. The van der Waals surface area contributed by atoms with Crippen LogP contribution in [0.25, 0.3) is 0 Å². The molecule has 9 heteroatoms. The Morgan fingerprint density at radius 1 is 1.08 bits per heavy atom. The van der Waals surface area contributed by atoms with E-state index in [9.17, 15) is 26.7 Å². The lowest BCUT2D eigenvalue weighted by molar-refractivity contribution is -0.296. The van der Waals surface area contributed by atoms with E-state index in [-0.39, 0.29) is 9.98 Å². The minimum atomic E-state index is -5.28. The SMILES string of the molecule is Cc1ccc(S(=O)(=O)N2N=CC(c3ccccc3)C2(O)C(F)(F)F)cc1. The number of benzene rings is 2. The average molecular weight is 384 g/mol. The average Bonchev–Trinajstić information content (AvgIpc) is 2.95. The van der Waals surface area contributed by atoms with Crippen molar-refractivity contribution < 1.29 is 26.7 Å². The van der Waals surface area contributed by atoms with Gasteiger partial charge in [0.25, 0.3) is 15.7 Å². The van der Waals surface area contributed by atoms with Crippen LogP contribution < -0.4 is 0 Å². The van der Waals surface area contributed by atoms with Crippen molar-refractivity contribution in [1.82, 2.24) is 4.41 Å². The third kappa shape index (κ3) is 2.77. The summed E-state index contributed by atoms with van der Waals surface area (Å²) in [6.45, 7) is 1.71. The van der Waals surface area contributed by atoms with Gasteiger partial charge in [0.2, 0.25) is 0 Å². The van der Waals surface area contributed by atoms with Crippen LogP contribution in [-0.2, 0) is 10.0 Å². The van der Waals surface area contributed by atoms with E-state index >= 15 is 0 Å². The van der Waals surface area contributed by atoms with Gasteiger partial charge in [-0.3, -0.25) is 0 Å². The van der Waals surface area contributed by atoms with Gasteiger partial charge in [0.05, 0.1) is 10.8 Å². The van der Waals surface area contributed by atoms with Crippen molar-refractivity contribution in [3.05, 3.63) is 65.7 Å². The second-order valence-electron chi connectivity index (χ2n) is 5.94. The van der Waals surface area contributed by atoms with Crippen LogP contribution in [0.1, 0.15) is 17.0 Å². The zero-order valence-corrected chi connectivity index (χ0v) is 14.4. The third-order valence-electron chi connectivity index (χ3n) is 4.17. The molecule has 5 nitrogen and oxygen atoms in total. The highest BCUT2D eigenvalue weighted by Gasteiger charge is 2.68. The molecule has 0 aliphatic carbocycles. The van der Waals surface area contributed by atoms with E-state index in [0.29, 0.717) is 0 Å². The quantitative estimate of drug-likeness (QED) is 0.884. The number of alkyl halides is 3. The van der Waals surface area contributed by atoms with Crippen LogP contribution in [0.15, 0.2) is 64.6 Å². The zero-order valence-electron chi connectivity index (χ0n) is 13.6. The third-order valence-corrected chi connectivity index (χ3v) is 5.86. The summed E-state index contributed by atoms with van der Waals surface area (Å²) in [4.78, 5) is -0.392. The Balaban J connectivity index is 2.13.